The molecule has 0 aromatic heterocycles. The van der Waals surface area contributed by atoms with Crippen molar-refractivity contribution in [3.05, 3.63) is 106 Å². The second-order valence-corrected chi connectivity index (χ2v) is 12.0. The zero-order valence-corrected chi connectivity index (χ0v) is 26.1. The van der Waals surface area contributed by atoms with Crippen molar-refractivity contribution in [2.75, 3.05) is 25.2 Å². The predicted molar refractivity (Wildman–Crippen MR) is 168 cm³/mol. The van der Waals surface area contributed by atoms with Gasteiger partial charge in [-0.2, -0.15) is 26.3 Å². The molecule has 3 aromatic carbocycles. The molecule has 260 valence electrons. The van der Waals surface area contributed by atoms with Crippen LogP contribution in [-0.2, 0) is 26.7 Å². The molecule has 3 aromatic rings. The Bertz CT molecular complexity index is 1740. The van der Waals surface area contributed by atoms with Crippen LogP contribution in [0.25, 0.3) is 11.6 Å². The van der Waals surface area contributed by atoms with E-state index in [1.165, 1.54) is 13.2 Å². The van der Waals surface area contributed by atoms with Gasteiger partial charge in [-0.3, -0.25) is 9.59 Å². The van der Waals surface area contributed by atoms with Gasteiger partial charge in [0, 0.05) is 18.6 Å². The number of aliphatic hydroxyl groups excluding tert-OH is 2. The number of allylic oxidation sites excluding steroid dienone is 1. The van der Waals surface area contributed by atoms with Gasteiger partial charge in [0.2, 0.25) is 11.8 Å². The maximum Gasteiger partial charge on any atom is 0.416 e. The first kappa shape index (κ1) is 35.8. The summed E-state index contributed by atoms with van der Waals surface area (Å²) in [5.41, 5.74) is -1.57. The van der Waals surface area contributed by atoms with Gasteiger partial charge in [-0.15, -0.1) is 0 Å². The van der Waals surface area contributed by atoms with Crippen LogP contribution >= 0.6 is 0 Å². The van der Waals surface area contributed by atoms with Crippen LogP contribution in [0.1, 0.15) is 41.5 Å². The van der Waals surface area contributed by atoms with Crippen LogP contribution in [0.15, 0.2) is 83.9 Å². The molecule has 13 heteroatoms. The Morgan fingerprint density at radius 1 is 0.939 bits per heavy atom. The second-order valence-electron chi connectivity index (χ2n) is 12.0. The van der Waals surface area contributed by atoms with E-state index in [2.05, 4.69) is 0 Å². The van der Waals surface area contributed by atoms with Gasteiger partial charge in [0.1, 0.15) is 5.75 Å². The molecule has 2 aliphatic rings. The number of ether oxygens (including phenoxy) is 1. The highest BCUT2D eigenvalue weighted by Gasteiger charge is 2.55. The quantitative estimate of drug-likeness (QED) is 0.0929. The summed E-state index contributed by atoms with van der Waals surface area (Å²) in [6.45, 7) is -0.863. The van der Waals surface area contributed by atoms with Crippen LogP contribution in [0.2, 0.25) is 0 Å². The Hall–Kier alpha value is -4.46. The van der Waals surface area contributed by atoms with E-state index in [0.717, 1.165) is 11.1 Å². The molecule has 1 heterocycles. The fourth-order valence-corrected chi connectivity index (χ4v) is 6.79. The zero-order chi connectivity index (χ0) is 35.7. The highest BCUT2D eigenvalue weighted by molar-refractivity contribution is 6.22. The van der Waals surface area contributed by atoms with Gasteiger partial charge in [-0.05, 0) is 71.9 Å². The third-order valence-corrected chi connectivity index (χ3v) is 8.99. The van der Waals surface area contributed by atoms with Crippen LogP contribution in [0, 0.1) is 17.8 Å². The second kappa shape index (κ2) is 14.2. The Morgan fingerprint density at radius 3 is 2.12 bits per heavy atom. The van der Waals surface area contributed by atoms with E-state index < -0.39 is 71.4 Å². The fourth-order valence-electron chi connectivity index (χ4n) is 6.79. The van der Waals surface area contributed by atoms with Crippen molar-refractivity contribution in [1.82, 2.24) is 0 Å². The van der Waals surface area contributed by atoms with E-state index in [-0.39, 0.29) is 43.3 Å². The first-order valence-electron chi connectivity index (χ1n) is 15.4. The van der Waals surface area contributed by atoms with Crippen LogP contribution < -0.4 is 4.90 Å². The summed E-state index contributed by atoms with van der Waals surface area (Å²) in [6.07, 6.45) is -9.81. The van der Waals surface area contributed by atoms with Crippen LogP contribution in [-0.4, -0.2) is 53.6 Å². The minimum Gasteiger partial charge on any atom is -0.507 e. The monoisotopic (exact) mass is 689 g/mol. The number of fused-ring (bicyclic) bond motifs is 1. The van der Waals surface area contributed by atoms with Gasteiger partial charge < -0.3 is 20.1 Å². The van der Waals surface area contributed by atoms with Crippen molar-refractivity contribution in [3.63, 3.8) is 0 Å². The summed E-state index contributed by atoms with van der Waals surface area (Å²) in [5, 5.41) is 32.6. The number of hydrogen-bond acceptors (Lipinski definition) is 6. The lowest BCUT2D eigenvalue weighted by Gasteiger charge is -2.36. The summed E-state index contributed by atoms with van der Waals surface area (Å²) in [6, 6.07) is 16.4. The van der Waals surface area contributed by atoms with Crippen molar-refractivity contribution in [3.8, 4) is 5.75 Å². The maximum atomic E-state index is 13.8. The van der Waals surface area contributed by atoms with Gasteiger partial charge >= 0.3 is 12.4 Å². The summed E-state index contributed by atoms with van der Waals surface area (Å²) in [7, 11) is 1.36. The third kappa shape index (κ3) is 7.43. The van der Waals surface area contributed by atoms with Gasteiger partial charge in [0.15, 0.2) is 0 Å². The van der Waals surface area contributed by atoms with Crippen molar-refractivity contribution in [2.24, 2.45) is 17.8 Å². The lowest BCUT2D eigenvalue weighted by molar-refractivity contribution is -0.143. The number of imide groups is 1. The van der Waals surface area contributed by atoms with Gasteiger partial charge in [-0.25, -0.2) is 4.90 Å². The molecule has 0 unspecified atom stereocenters. The number of aromatic hydroxyl groups is 1. The molecule has 0 radical (unpaired) electrons. The molecule has 1 fully saturated rings. The van der Waals surface area contributed by atoms with Crippen LogP contribution in [0.3, 0.4) is 0 Å². The average molecular weight is 690 g/mol. The maximum absolute atomic E-state index is 13.8. The minimum atomic E-state index is -5.21. The lowest BCUT2D eigenvalue weighted by Crippen LogP contribution is -2.39. The molecule has 5 rings (SSSR count). The van der Waals surface area contributed by atoms with Crippen LogP contribution in [0.5, 0.6) is 5.75 Å². The van der Waals surface area contributed by atoms with Crippen molar-refractivity contribution in [1.29, 1.82) is 0 Å². The molecule has 2 amide bonds. The minimum absolute atomic E-state index is 0.0392. The first-order valence-corrected chi connectivity index (χ1v) is 15.4. The fraction of sp³-hybridized carbons (Fsp3) is 0.333. The molecule has 7 nitrogen and oxygen atoms in total. The van der Waals surface area contributed by atoms with E-state index in [4.69, 9.17) is 4.74 Å². The highest BCUT2D eigenvalue weighted by atomic mass is 19.4. The number of rotatable bonds is 10. The molecule has 0 bridgehead atoms. The SMILES string of the molecule is COCC1=C([C@H](O)CC/C(=C/c2ccccc2O)c2ccccc2)[C@H](CO)[C@@H]2C(=O)N(c3cc(C(F)(F)F)cc(C(F)(F)F)c3)C(=O)[C@@H]2C1. The number of anilines is 1. The number of para-hydroxylation sites is 1. The van der Waals surface area contributed by atoms with Crippen molar-refractivity contribution < 1.29 is 56.0 Å². The molecule has 0 spiro atoms. The van der Waals surface area contributed by atoms with Crippen LogP contribution in [0.4, 0.5) is 32.0 Å². The molecule has 1 aliphatic carbocycles. The topological polar surface area (TPSA) is 107 Å². The van der Waals surface area contributed by atoms with E-state index in [9.17, 15) is 51.3 Å². The molecule has 1 saturated heterocycles. The van der Waals surface area contributed by atoms with Gasteiger partial charge in [0.05, 0.1) is 48.0 Å². The van der Waals surface area contributed by atoms with Gasteiger partial charge in [0.25, 0.3) is 0 Å². The summed E-state index contributed by atoms with van der Waals surface area (Å²) in [5.74, 6) is -5.83. The predicted octanol–water partition coefficient (Wildman–Crippen LogP) is 6.87. The number of phenolic OH excluding ortho intramolecular Hbond substituents is 1. The van der Waals surface area contributed by atoms with E-state index >= 15 is 0 Å². The number of phenols is 1. The summed E-state index contributed by atoms with van der Waals surface area (Å²) < 4.78 is 87.1. The molecular weight excluding hydrogens is 656 g/mol. The normalized spacial score (nSPS) is 21.0. The molecular formula is C36H33F6NO6. The number of methoxy groups -OCH3 is 1. The van der Waals surface area contributed by atoms with E-state index in [0.29, 0.717) is 28.2 Å². The lowest BCUT2D eigenvalue weighted by atomic mass is 9.68. The number of carbonyl (C=O) groups excluding carboxylic acids is 2. The molecule has 3 N–H and O–H groups in total. The Kier molecular flexibility index (Phi) is 10.4. The van der Waals surface area contributed by atoms with Crippen molar-refractivity contribution in [2.45, 2.75) is 37.7 Å². The number of halogens is 6. The average Bonchev–Trinajstić information content (AvgIpc) is 3.31. The largest absolute Gasteiger partial charge is 0.507 e. The number of hydrogen-bond donors (Lipinski definition) is 3. The van der Waals surface area contributed by atoms with E-state index in [1.807, 2.05) is 30.3 Å². The molecule has 4 atom stereocenters. The number of nitrogens with zero attached hydrogens (tertiary/aromatic N) is 1. The molecule has 0 saturated carbocycles. The van der Waals surface area contributed by atoms with E-state index in [1.54, 1.807) is 24.3 Å². The Labute approximate surface area is 277 Å². The summed E-state index contributed by atoms with van der Waals surface area (Å²) in [4.78, 5) is 27.8. The Balaban J connectivity index is 1.49. The number of amides is 2. The number of alkyl halides is 6. The standard InChI is InChI=1S/C36H33F6NO6/c1-49-19-23-14-27-32(34(48)43(33(27)47)26-16-24(35(37,38)39)15-25(17-26)36(40,41)42)28(18-44)31(23)30(46)12-11-21(20-7-3-2-4-8-20)13-22-9-5-6-10-29(22)45/h2-10,13,15-17,27-28,30,32,44-46H,11-12,14,18-19H2,1H3/b21-13-/t27-,28+,30-,32-/m1/s1. The number of carbonyl (C=O) groups is 2. The number of benzene rings is 3. The highest BCUT2D eigenvalue weighted by Crippen LogP contribution is 2.48. The smallest absolute Gasteiger partial charge is 0.416 e. The molecule has 49 heavy (non-hydrogen) atoms. The third-order valence-electron chi connectivity index (χ3n) is 8.99. The van der Waals surface area contributed by atoms with Crippen molar-refractivity contribution >= 4 is 29.2 Å². The first-order chi connectivity index (χ1) is 23.1. The number of aliphatic hydroxyl groups is 2. The zero-order valence-electron chi connectivity index (χ0n) is 26.1. The molecule has 1 aliphatic heterocycles. The Morgan fingerprint density at radius 2 is 1.55 bits per heavy atom. The summed E-state index contributed by atoms with van der Waals surface area (Å²) >= 11 is 0. The van der Waals surface area contributed by atoms with Gasteiger partial charge in [-0.1, -0.05) is 48.5 Å².